The molecule has 2 aromatic carbocycles. The van der Waals surface area contributed by atoms with Crippen LogP contribution in [-0.4, -0.2) is 18.1 Å². The van der Waals surface area contributed by atoms with E-state index in [-0.39, 0.29) is 12.5 Å². The number of carbonyl (C=O) groups is 1. The van der Waals surface area contributed by atoms with Gasteiger partial charge in [0.2, 0.25) is 0 Å². The molecule has 0 radical (unpaired) electrons. The summed E-state index contributed by atoms with van der Waals surface area (Å²) in [6, 6.07) is 14.9. The molecule has 0 heterocycles. The highest BCUT2D eigenvalue weighted by Crippen LogP contribution is 2.13. The van der Waals surface area contributed by atoms with E-state index in [2.05, 4.69) is 11.8 Å². The van der Waals surface area contributed by atoms with Gasteiger partial charge in [-0.05, 0) is 30.7 Å². The molecule has 0 bridgehead atoms. The molecular formula is C18H17NO2. The third-order valence-electron chi connectivity index (χ3n) is 3.22. The number of amides is 1. The van der Waals surface area contributed by atoms with Crippen molar-refractivity contribution in [2.24, 2.45) is 0 Å². The van der Waals surface area contributed by atoms with Gasteiger partial charge in [0.1, 0.15) is 0 Å². The van der Waals surface area contributed by atoms with Crippen molar-refractivity contribution in [1.82, 2.24) is 0 Å². The van der Waals surface area contributed by atoms with Crippen LogP contribution in [0.15, 0.2) is 48.5 Å². The second-order valence-corrected chi connectivity index (χ2v) is 4.76. The smallest absolute Gasteiger partial charge is 0.302 e. The minimum absolute atomic E-state index is 0.0904. The molecular weight excluding hydrogens is 262 g/mol. The quantitative estimate of drug-likeness (QED) is 0.858. The van der Waals surface area contributed by atoms with Crippen molar-refractivity contribution < 1.29 is 9.90 Å². The number of anilines is 1. The van der Waals surface area contributed by atoms with Crippen LogP contribution in [0.3, 0.4) is 0 Å². The standard InChI is InChI=1S/C18H17NO2/c1-14-7-10-17(11-8-14)19(2)18(21)12-9-15-5-3-4-6-16(15)13-20/h3-8,10-11,20H,13H2,1-2H3. The van der Waals surface area contributed by atoms with Crippen LogP contribution in [0.1, 0.15) is 16.7 Å². The van der Waals surface area contributed by atoms with E-state index in [1.807, 2.05) is 43.3 Å². The van der Waals surface area contributed by atoms with Crippen molar-refractivity contribution in [3.8, 4) is 11.8 Å². The molecule has 21 heavy (non-hydrogen) atoms. The fourth-order valence-corrected chi connectivity index (χ4v) is 1.87. The largest absolute Gasteiger partial charge is 0.392 e. The van der Waals surface area contributed by atoms with E-state index in [0.717, 1.165) is 16.8 Å². The second kappa shape index (κ2) is 6.74. The van der Waals surface area contributed by atoms with E-state index < -0.39 is 0 Å². The zero-order valence-electron chi connectivity index (χ0n) is 12.1. The maximum absolute atomic E-state index is 12.1. The van der Waals surface area contributed by atoms with E-state index in [1.54, 1.807) is 19.2 Å². The third kappa shape index (κ3) is 3.71. The van der Waals surface area contributed by atoms with Gasteiger partial charge in [0.25, 0.3) is 0 Å². The molecule has 0 aliphatic rings. The maximum atomic E-state index is 12.1. The van der Waals surface area contributed by atoms with Gasteiger partial charge in [-0.25, -0.2) is 0 Å². The predicted molar refractivity (Wildman–Crippen MR) is 83.8 cm³/mol. The van der Waals surface area contributed by atoms with Crippen molar-refractivity contribution in [3.05, 3.63) is 65.2 Å². The Labute approximate surface area is 124 Å². The Bertz CT molecular complexity index is 693. The van der Waals surface area contributed by atoms with Crippen LogP contribution in [-0.2, 0) is 11.4 Å². The molecule has 1 N–H and O–H groups in total. The summed E-state index contributed by atoms with van der Waals surface area (Å²) >= 11 is 0. The fraction of sp³-hybridized carbons (Fsp3) is 0.167. The first-order chi connectivity index (χ1) is 10.1. The Balaban J connectivity index is 2.18. The van der Waals surface area contributed by atoms with Crippen molar-refractivity contribution in [1.29, 1.82) is 0 Å². The first-order valence-electron chi connectivity index (χ1n) is 6.67. The van der Waals surface area contributed by atoms with E-state index >= 15 is 0 Å². The number of benzene rings is 2. The summed E-state index contributed by atoms with van der Waals surface area (Å²) < 4.78 is 0. The van der Waals surface area contributed by atoms with Crippen LogP contribution in [0.25, 0.3) is 0 Å². The number of nitrogens with zero attached hydrogens (tertiary/aromatic N) is 1. The van der Waals surface area contributed by atoms with Crippen molar-refractivity contribution in [2.75, 3.05) is 11.9 Å². The highest BCUT2D eigenvalue weighted by molar-refractivity contribution is 6.05. The Morgan fingerprint density at radius 3 is 2.48 bits per heavy atom. The van der Waals surface area contributed by atoms with E-state index in [4.69, 9.17) is 0 Å². The molecule has 0 saturated carbocycles. The van der Waals surface area contributed by atoms with E-state index in [0.29, 0.717) is 5.56 Å². The van der Waals surface area contributed by atoms with Gasteiger partial charge in [-0.15, -0.1) is 0 Å². The zero-order valence-corrected chi connectivity index (χ0v) is 12.1. The lowest BCUT2D eigenvalue weighted by molar-refractivity contribution is -0.113. The lowest BCUT2D eigenvalue weighted by atomic mass is 10.1. The summed E-state index contributed by atoms with van der Waals surface area (Å²) in [5, 5.41) is 9.23. The molecule has 106 valence electrons. The summed E-state index contributed by atoms with van der Waals surface area (Å²) in [6.07, 6.45) is 0. The first kappa shape index (κ1) is 14.8. The van der Waals surface area contributed by atoms with E-state index in [1.165, 1.54) is 4.90 Å². The van der Waals surface area contributed by atoms with Gasteiger partial charge in [0.15, 0.2) is 0 Å². The predicted octanol–water partition coefficient (Wildman–Crippen LogP) is 2.50. The molecule has 0 saturated heterocycles. The number of aliphatic hydroxyl groups excluding tert-OH is 1. The number of aliphatic hydroxyl groups is 1. The molecule has 0 fully saturated rings. The van der Waals surface area contributed by atoms with Crippen LogP contribution < -0.4 is 4.90 Å². The fourth-order valence-electron chi connectivity index (χ4n) is 1.87. The lowest BCUT2D eigenvalue weighted by Gasteiger charge is -2.13. The molecule has 0 unspecified atom stereocenters. The summed E-state index contributed by atoms with van der Waals surface area (Å²) in [7, 11) is 1.69. The first-order valence-corrected chi connectivity index (χ1v) is 6.67. The van der Waals surface area contributed by atoms with Gasteiger partial charge < -0.3 is 10.0 Å². The van der Waals surface area contributed by atoms with Crippen molar-refractivity contribution >= 4 is 11.6 Å². The number of carbonyl (C=O) groups excluding carboxylic acids is 1. The van der Waals surface area contributed by atoms with Gasteiger partial charge in [-0.2, -0.15) is 0 Å². The maximum Gasteiger partial charge on any atom is 0.302 e. The number of aryl methyl sites for hydroxylation is 1. The van der Waals surface area contributed by atoms with Crippen LogP contribution >= 0.6 is 0 Å². The van der Waals surface area contributed by atoms with Gasteiger partial charge in [0, 0.05) is 24.2 Å². The summed E-state index contributed by atoms with van der Waals surface area (Å²) in [4.78, 5) is 13.6. The van der Waals surface area contributed by atoms with E-state index in [9.17, 15) is 9.90 Å². The van der Waals surface area contributed by atoms with Crippen LogP contribution in [0.2, 0.25) is 0 Å². The molecule has 0 atom stereocenters. The average molecular weight is 279 g/mol. The number of hydrogen-bond donors (Lipinski definition) is 1. The SMILES string of the molecule is Cc1ccc(N(C)C(=O)C#Cc2ccccc2CO)cc1. The normalized spacial score (nSPS) is 9.67. The van der Waals surface area contributed by atoms with Crippen LogP contribution in [0, 0.1) is 18.8 Å². The molecule has 1 amide bonds. The Morgan fingerprint density at radius 1 is 1.14 bits per heavy atom. The van der Waals surface area contributed by atoms with Gasteiger partial charge in [0.05, 0.1) is 6.61 Å². The van der Waals surface area contributed by atoms with Crippen LogP contribution in [0.4, 0.5) is 5.69 Å². The Hall–Kier alpha value is -2.57. The molecule has 0 aliphatic carbocycles. The Morgan fingerprint density at radius 2 is 1.81 bits per heavy atom. The van der Waals surface area contributed by atoms with Crippen molar-refractivity contribution in [2.45, 2.75) is 13.5 Å². The van der Waals surface area contributed by atoms with Crippen LogP contribution in [0.5, 0.6) is 0 Å². The lowest BCUT2D eigenvalue weighted by Crippen LogP contribution is -2.24. The highest BCUT2D eigenvalue weighted by atomic mass is 16.3. The highest BCUT2D eigenvalue weighted by Gasteiger charge is 2.07. The third-order valence-corrected chi connectivity index (χ3v) is 3.22. The Kier molecular flexibility index (Phi) is 4.76. The molecule has 0 aliphatic heterocycles. The summed E-state index contributed by atoms with van der Waals surface area (Å²) in [6.45, 7) is 1.91. The molecule has 2 rings (SSSR count). The number of hydrogen-bond acceptors (Lipinski definition) is 2. The second-order valence-electron chi connectivity index (χ2n) is 4.76. The minimum atomic E-state index is -0.286. The zero-order chi connectivity index (χ0) is 15.2. The topological polar surface area (TPSA) is 40.5 Å². The molecule has 3 nitrogen and oxygen atoms in total. The minimum Gasteiger partial charge on any atom is -0.392 e. The molecule has 3 heteroatoms. The molecule has 0 aromatic heterocycles. The van der Waals surface area contributed by atoms with Crippen molar-refractivity contribution in [3.63, 3.8) is 0 Å². The number of rotatable bonds is 2. The van der Waals surface area contributed by atoms with Gasteiger partial charge in [-0.1, -0.05) is 41.8 Å². The van der Waals surface area contributed by atoms with Gasteiger partial charge >= 0.3 is 5.91 Å². The monoisotopic (exact) mass is 279 g/mol. The van der Waals surface area contributed by atoms with Gasteiger partial charge in [-0.3, -0.25) is 4.79 Å². The average Bonchev–Trinajstić information content (AvgIpc) is 2.52. The molecule has 0 spiro atoms. The summed E-state index contributed by atoms with van der Waals surface area (Å²) in [5.74, 6) is 5.15. The molecule has 2 aromatic rings. The summed E-state index contributed by atoms with van der Waals surface area (Å²) in [5.41, 5.74) is 3.33.